The number of likely N-dealkylation sites (tertiary alicyclic amines) is 1. The standard InChI is InChI=1S/C17H19FN2O2S.2C2HF3O2/c18-15-2-1-5-19-16(15)22-14-8-17(21-10-14)4-6-20(12-17)9-13-3-7-23-11-13;2*3-2(4,5)1(6)7/h1-3,5,7,11,14H,4,6,8-10,12H2;2*(H,6,7)/t14-,17+;;/m1../s1. The molecule has 2 saturated heterocycles. The summed E-state index contributed by atoms with van der Waals surface area (Å²) in [5.74, 6) is -5.86. The monoisotopic (exact) mass is 562 g/mol. The number of pyridine rings is 1. The summed E-state index contributed by atoms with van der Waals surface area (Å²) in [4.78, 5) is 24.2. The molecule has 2 aromatic rings. The van der Waals surface area contributed by atoms with E-state index in [1.54, 1.807) is 23.6 Å². The van der Waals surface area contributed by atoms with E-state index in [9.17, 15) is 30.7 Å². The Bertz CT molecular complexity index is 1010. The number of hydrogen-bond donors (Lipinski definition) is 2. The van der Waals surface area contributed by atoms with Gasteiger partial charge >= 0.3 is 24.3 Å². The van der Waals surface area contributed by atoms with E-state index in [-0.39, 0.29) is 17.6 Å². The van der Waals surface area contributed by atoms with Gasteiger partial charge in [-0.05, 0) is 40.9 Å². The second kappa shape index (κ2) is 12.5. The highest BCUT2D eigenvalue weighted by Crippen LogP contribution is 2.37. The van der Waals surface area contributed by atoms with E-state index in [0.717, 1.165) is 32.5 Å². The van der Waals surface area contributed by atoms with Crippen molar-refractivity contribution in [1.82, 2.24) is 9.88 Å². The molecular formula is C21H21F7N2O6S. The average molecular weight is 562 g/mol. The lowest BCUT2D eigenvalue weighted by Crippen LogP contribution is -2.33. The van der Waals surface area contributed by atoms with Gasteiger partial charge in [0.2, 0.25) is 0 Å². The molecule has 2 aliphatic heterocycles. The summed E-state index contributed by atoms with van der Waals surface area (Å²) in [6.07, 6.45) is -6.95. The number of ether oxygens (including phenoxy) is 2. The predicted octanol–water partition coefficient (Wildman–Crippen LogP) is 4.36. The zero-order valence-corrected chi connectivity index (χ0v) is 19.6. The first kappa shape index (κ1) is 30.2. The number of rotatable bonds is 4. The summed E-state index contributed by atoms with van der Waals surface area (Å²) in [5, 5.41) is 18.6. The second-order valence-corrected chi connectivity index (χ2v) is 8.71. The van der Waals surface area contributed by atoms with E-state index in [0.29, 0.717) is 6.61 Å². The predicted molar refractivity (Wildman–Crippen MR) is 114 cm³/mol. The van der Waals surface area contributed by atoms with Crippen molar-refractivity contribution in [3.8, 4) is 5.88 Å². The Balaban J connectivity index is 0.000000286. The van der Waals surface area contributed by atoms with Crippen molar-refractivity contribution in [3.05, 3.63) is 46.5 Å². The first-order valence-corrected chi connectivity index (χ1v) is 11.3. The number of aromatic nitrogens is 1. The van der Waals surface area contributed by atoms with Gasteiger partial charge in [0.25, 0.3) is 5.88 Å². The Morgan fingerprint density at radius 3 is 2.30 bits per heavy atom. The maximum absolute atomic E-state index is 13.6. The molecule has 0 aliphatic carbocycles. The normalized spacial score (nSPS) is 21.5. The molecule has 0 unspecified atom stereocenters. The summed E-state index contributed by atoms with van der Waals surface area (Å²) in [7, 11) is 0. The van der Waals surface area contributed by atoms with Crippen molar-refractivity contribution in [2.75, 3.05) is 19.7 Å². The molecular weight excluding hydrogens is 541 g/mol. The number of thiophene rings is 1. The lowest BCUT2D eigenvalue weighted by Gasteiger charge is -2.23. The number of nitrogens with zero attached hydrogens (tertiary/aromatic N) is 2. The lowest BCUT2D eigenvalue weighted by atomic mass is 9.98. The summed E-state index contributed by atoms with van der Waals surface area (Å²) in [6, 6.07) is 5.10. The van der Waals surface area contributed by atoms with Crippen LogP contribution in [-0.2, 0) is 20.9 Å². The number of hydrogen-bond acceptors (Lipinski definition) is 7. The molecule has 1 spiro atoms. The number of alkyl halides is 6. The molecule has 206 valence electrons. The van der Waals surface area contributed by atoms with Crippen molar-refractivity contribution in [1.29, 1.82) is 0 Å². The molecule has 4 rings (SSSR count). The van der Waals surface area contributed by atoms with Crippen LogP contribution >= 0.6 is 11.3 Å². The first-order chi connectivity index (χ1) is 17.1. The number of carbonyl (C=O) groups is 2. The molecule has 0 radical (unpaired) electrons. The van der Waals surface area contributed by atoms with Crippen molar-refractivity contribution in [3.63, 3.8) is 0 Å². The molecule has 0 saturated carbocycles. The molecule has 0 amide bonds. The molecule has 4 heterocycles. The highest BCUT2D eigenvalue weighted by molar-refractivity contribution is 7.07. The van der Waals surface area contributed by atoms with Crippen molar-refractivity contribution in [2.45, 2.75) is 43.4 Å². The van der Waals surface area contributed by atoms with Crippen LogP contribution in [0, 0.1) is 5.82 Å². The minimum atomic E-state index is -5.08. The third-order valence-corrected chi connectivity index (χ3v) is 5.78. The Morgan fingerprint density at radius 2 is 1.78 bits per heavy atom. The van der Waals surface area contributed by atoms with Gasteiger partial charge in [0.15, 0.2) is 5.82 Å². The van der Waals surface area contributed by atoms with Crippen LogP contribution in [0.25, 0.3) is 0 Å². The molecule has 2 atom stereocenters. The van der Waals surface area contributed by atoms with Crippen LogP contribution in [0.5, 0.6) is 5.88 Å². The Labute approximate surface area is 209 Å². The number of carboxylic acid groups (broad SMARTS) is 2. The van der Waals surface area contributed by atoms with E-state index in [1.165, 1.54) is 11.6 Å². The van der Waals surface area contributed by atoms with Gasteiger partial charge in [0.1, 0.15) is 6.10 Å². The highest BCUT2D eigenvalue weighted by Gasteiger charge is 2.46. The zero-order valence-electron chi connectivity index (χ0n) is 18.8. The fraction of sp³-hybridized carbons (Fsp3) is 0.476. The smallest absolute Gasteiger partial charge is 0.475 e. The molecule has 0 aromatic carbocycles. The van der Waals surface area contributed by atoms with E-state index < -0.39 is 30.1 Å². The quantitative estimate of drug-likeness (QED) is 0.530. The van der Waals surface area contributed by atoms with Crippen LogP contribution in [-0.4, -0.2) is 75.8 Å². The summed E-state index contributed by atoms with van der Waals surface area (Å²) in [5.41, 5.74) is 1.21. The molecule has 0 bridgehead atoms. The van der Waals surface area contributed by atoms with Gasteiger partial charge in [0.05, 0.1) is 12.2 Å². The number of aliphatic carboxylic acids is 2. The summed E-state index contributed by atoms with van der Waals surface area (Å²) >= 11 is 1.73. The Morgan fingerprint density at radius 1 is 1.16 bits per heavy atom. The minimum absolute atomic E-state index is 0.0753. The molecule has 2 aromatic heterocycles. The molecule has 37 heavy (non-hydrogen) atoms. The van der Waals surface area contributed by atoms with E-state index in [4.69, 9.17) is 29.3 Å². The van der Waals surface area contributed by atoms with Crippen molar-refractivity contribution in [2.24, 2.45) is 0 Å². The van der Waals surface area contributed by atoms with E-state index in [2.05, 4.69) is 26.7 Å². The van der Waals surface area contributed by atoms with Gasteiger partial charge < -0.3 is 19.7 Å². The van der Waals surface area contributed by atoms with Gasteiger partial charge in [-0.3, -0.25) is 4.90 Å². The summed E-state index contributed by atoms with van der Waals surface area (Å²) in [6.45, 7) is 3.41. The average Bonchev–Trinajstić information content (AvgIpc) is 3.53. The third-order valence-electron chi connectivity index (χ3n) is 5.04. The highest BCUT2D eigenvalue weighted by atomic mass is 32.1. The Hall–Kier alpha value is -2.98. The van der Waals surface area contributed by atoms with Gasteiger partial charge in [-0.1, -0.05) is 0 Å². The van der Waals surface area contributed by atoms with Crippen LogP contribution in [0.1, 0.15) is 18.4 Å². The van der Waals surface area contributed by atoms with Gasteiger partial charge in [-0.2, -0.15) is 37.7 Å². The van der Waals surface area contributed by atoms with Crippen LogP contribution in [0.4, 0.5) is 30.7 Å². The molecule has 2 aliphatic rings. The molecule has 2 N–H and O–H groups in total. The fourth-order valence-electron chi connectivity index (χ4n) is 3.48. The van der Waals surface area contributed by atoms with Crippen molar-refractivity contribution >= 4 is 23.3 Å². The molecule has 16 heteroatoms. The topological polar surface area (TPSA) is 109 Å². The Kier molecular flexibility index (Phi) is 10.2. The van der Waals surface area contributed by atoms with Gasteiger partial charge in [0, 0.05) is 32.3 Å². The molecule has 2 fully saturated rings. The molecule has 8 nitrogen and oxygen atoms in total. The zero-order chi connectivity index (χ0) is 27.9. The maximum atomic E-state index is 13.6. The fourth-order valence-corrected chi connectivity index (χ4v) is 4.14. The van der Waals surface area contributed by atoms with Crippen LogP contribution in [0.15, 0.2) is 35.2 Å². The first-order valence-electron chi connectivity index (χ1n) is 10.4. The SMILES string of the molecule is Fc1cccnc1O[C@H]1CO[C@@]2(CCN(Cc3ccsc3)C2)C1.O=C(O)C(F)(F)F.O=C(O)C(F)(F)F. The third kappa shape index (κ3) is 9.77. The maximum Gasteiger partial charge on any atom is 0.490 e. The largest absolute Gasteiger partial charge is 0.490 e. The number of halogens is 7. The van der Waals surface area contributed by atoms with E-state index >= 15 is 0 Å². The lowest BCUT2D eigenvalue weighted by molar-refractivity contribution is -0.193. The van der Waals surface area contributed by atoms with Crippen LogP contribution in [0.2, 0.25) is 0 Å². The van der Waals surface area contributed by atoms with E-state index in [1.807, 2.05) is 0 Å². The van der Waals surface area contributed by atoms with Gasteiger partial charge in [-0.25, -0.2) is 19.0 Å². The van der Waals surface area contributed by atoms with Gasteiger partial charge in [-0.15, -0.1) is 0 Å². The number of carboxylic acids is 2. The second-order valence-electron chi connectivity index (χ2n) is 7.93. The summed E-state index contributed by atoms with van der Waals surface area (Å²) < 4.78 is 88.9. The van der Waals surface area contributed by atoms with Crippen LogP contribution in [0.3, 0.4) is 0 Å². The minimum Gasteiger partial charge on any atom is -0.475 e. The van der Waals surface area contributed by atoms with Crippen molar-refractivity contribution < 1.29 is 60.0 Å². The van der Waals surface area contributed by atoms with Crippen LogP contribution < -0.4 is 4.74 Å².